The molecule has 2 aromatic rings. The third-order valence-corrected chi connectivity index (χ3v) is 3.87. The number of anilines is 2. The van der Waals surface area contributed by atoms with Crippen molar-refractivity contribution < 1.29 is 4.74 Å². The minimum atomic E-state index is 0.00569. The maximum Gasteiger partial charge on any atom is 0.223 e. The monoisotopic (exact) mass is 261 g/mol. The van der Waals surface area contributed by atoms with Crippen molar-refractivity contribution in [1.82, 2.24) is 14.5 Å². The maximum atomic E-state index is 6.08. The Bertz CT molecular complexity index is 608. The summed E-state index contributed by atoms with van der Waals surface area (Å²) in [5, 5.41) is 0.824. The smallest absolute Gasteiger partial charge is 0.223 e. The van der Waals surface area contributed by atoms with Gasteiger partial charge in [-0.3, -0.25) is 0 Å². The second-order valence-electron chi connectivity index (χ2n) is 5.18. The number of rotatable bonds is 2. The number of fused-ring (bicyclic) bond motifs is 1. The summed E-state index contributed by atoms with van der Waals surface area (Å²) >= 11 is 0. The van der Waals surface area contributed by atoms with E-state index >= 15 is 0 Å². The quantitative estimate of drug-likeness (QED) is 0.861. The Morgan fingerprint density at radius 3 is 2.89 bits per heavy atom. The van der Waals surface area contributed by atoms with E-state index in [0.717, 1.165) is 23.9 Å². The van der Waals surface area contributed by atoms with Crippen LogP contribution >= 0.6 is 0 Å². The molecule has 1 saturated heterocycles. The molecule has 0 unspecified atom stereocenters. The highest BCUT2D eigenvalue weighted by atomic mass is 16.5. The van der Waals surface area contributed by atoms with Crippen LogP contribution in [0.15, 0.2) is 12.3 Å². The Morgan fingerprint density at radius 1 is 1.42 bits per heavy atom. The molecule has 4 N–H and O–H groups in total. The van der Waals surface area contributed by atoms with Gasteiger partial charge in [-0.05, 0) is 24.8 Å². The number of hydrogen-bond donors (Lipinski definition) is 2. The molecule has 102 valence electrons. The number of nitrogens with zero attached hydrogens (tertiary/aromatic N) is 3. The van der Waals surface area contributed by atoms with Crippen LogP contribution in [-0.4, -0.2) is 20.6 Å². The van der Waals surface area contributed by atoms with Gasteiger partial charge in [0.05, 0.1) is 11.5 Å². The SMILES string of the molecule is CC[C@H]1O[C@@H](n2ccc3c(N)nc(N)nc32)C[C@@H]1C. The minimum Gasteiger partial charge on any atom is -0.383 e. The number of ether oxygens (including phenoxy) is 1. The third kappa shape index (κ3) is 1.92. The van der Waals surface area contributed by atoms with Gasteiger partial charge >= 0.3 is 0 Å². The lowest BCUT2D eigenvalue weighted by molar-refractivity contribution is -0.00274. The lowest BCUT2D eigenvalue weighted by Crippen LogP contribution is -2.13. The Labute approximate surface area is 111 Å². The molecule has 6 heteroatoms. The van der Waals surface area contributed by atoms with Gasteiger partial charge in [-0.2, -0.15) is 9.97 Å². The predicted octanol–water partition coefficient (Wildman–Crippen LogP) is 1.93. The van der Waals surface area contributed by atoms with Crippen molar-refractivity contribution in [2.75, 3.05) is 11.5 Å². The predicted molar refractivity (Wildman–Crippen MR) is 74.3 cm³/mol. The van der Waals surface area contributed by atoms with Crippen molar-refractivity contribution in [2.24, 2.45) is 5.92 Å². The Morgan fingerprint density at radius 2 is 2.21 bits per heavy atom. The van der Waals surface area contributed by atoms with Crippen molar-refractivity contribution in [2.45, 2.75) is 39.0 Å². The van der Waals surface area contributed by atoms with Crippen molar-refractivity contribution in [3.05, 3.63) is 12.3 Å². The highest BCUT2D eigenvalue weighted by molar-refractivity contribution is 5.87. The Balaban J connectivity index is 2.02. The summed E-state index contributed by atoms with van der Waals surface area (Å²) in [5.41, 5.74) is 12.3. The normalized spacial score (nSPS) is 27.2. The van der Waals surface area contributed by atoms with Crippen LogP contribution in [0.5, 0.6) is 0 Å². The summed E-state index contributed by atoms with van der Waals surface area (Å²) in [6, 6.07) is 1.91. The highest BCUT2D eigenvalue weighted by Crippen LogP contribution is 2.36. The molecular formula is C13H19N5O. The number of hydrogen-bond acceptors (Lipinski definition) is 5. The van der Waals surface area contributed by atoms with Crippen LogP contribution in [0.3, 0.4) is 0 Å². The van der Waals surface area contributed by atoms with Crippen LogP contribution in [0, 0.1) is 5.92 Å². The van der Waals surface area contributed by atoms with E-state index < -0.39 is 0 Å². The fraction of sp³-hybridized carbons (Fsp3) is 0.538. The lowest BCUT2D eigenvalue weighted by atomic mass is 10.0. The van der Waals surface area contributed by atoms with E-state index in [-0.39, 0.29) is 12.2 Å². The third-order valence-electron chi connectivity index (χ3n) is 3.87. The summed E-state index contributed by atoms with van der Waals surface area (Å²) in [4.78, 5) is 8.26. The Kier molecular flexibility index (Phi) is 2.82. The van der Waals surface area contributed by atoms with Crippen LogP contribution in [0.25, 0.3) is 11.0 Å². The molecule has 3 rings (SSSR count). The first-order chi connectivity index (χ1) is 9.10. The molecule has 19 heavy (non-hydrogen) atoms. The first-order valence-corrected chi connectivity index (χ1v) is 6.65. The molecule has 1 fully saturated rings. The van der Waals surface area contributed by atoms with Crippen LogP contribution < -0.4 is 11.5 Å². The average molecular weight is 261 g/mol. The van der Waals surface area contributed by atoms with Crippen molar-refractivity contribution >= 4 is 22.8 Å². The van der Waals surface area contributed by atoms with E-state index in [1.54, 1.807) is 0 Å². The van der Waals surface area contributed by atoms with Gasteiger partial charge in [0.15, 0.2) is 0 Å². The van der Waals surface area contributed by atoms with E-state index in [1.165, 1.54) is 0 Å². The number of nitrogen functional groups attached to an aromatic ring is 2. The van der Waals surface area contributed by atoms with Crippen LogP contribution in [0.2, 0.25) is 0 Å². The zero-order valence-electron chi connectivity index (χ0n) is 11.2. The van der Waals surface area contributed by atoms with Gasteiger partial charge in [0, 0.05) is 6.20 Å². The largest absolute Gasteiger partial charge is 0.383 e. The van der Waals surface area contributed by atoms with Gasteiger partial charge in [-0.1, -0.05) is 13.8 Å². The molecule has 2 aromatic heterocycles. The topological polar surface area (TPSA) is 92.0 Å². The molecule has 0 radical (unpaired) electrons. The van der Waals surface area contributed by atoms with Crippen LogP contribution in [-0.2, 0) is 4.74 Å². The molecule has 0 amide bonds. The molecule has 0 bridgehead atoms. The number of nitrogens with two attached hydrogens (primary N) is 2. The van der Waals surface area contributed by atoms with Crippen molar-refractivity contribution in [3.63, 3.8) is 0 Å². The first kappa shape index (κ1) is 12.2. The van der Waals surface area contributed by atoms with Gasteiger partial charge in [0.2, 0.25) is 5.95 Å². The molecule has 0 aliphatic carbocycles. The molecule has 0 spiro atoms. The van der Waals surface area contributed by atoms with E-state index in [2.05, 4.69) is 23.8 Å². The molecule has 3 heterocycles. The van der Waals surface area contributed by atoms with E-state index in [1.807, 2.05) is 16.8 Å². The van der Waals surface area contributed by atoms with Gasteiger partial charge in [0.1, 0.15) is 17.7 Å². The van der Waals surface area contributed by atoms with Crippen molar-refractivity contribution in [3.8, 4) is 0 Å². The van der Waals surface area contributed by atoms with E-state index in [9.17, 15) is 0 Å². The zero-order valence-corrected chi connectivity index (χ0v) is 11.2. The van der Waals surface area contributed by atoms with E-state index in [4.69, 9.17) is 16.2 Å². The summed E-state index contributed by atoms with van der Waals surface area (Å²) in [7, 11) is 0. The second kappa shape index (κ2) is 4.38. The summed E-state index contributed by atoms with van der Waals surface area (Å²) in [6.07, 6.45) is 4.26. The highest BCUT2D eigenvalue weighted by Gasteiger charge is 2.32. The fourth-order valence-corrected chi connectivity index (χ4v) is 2.85. The maximum absolute atomic E-state index is 6.08. The first-order valence-electron chi connectivity index (χ1n) is 6.65. The van der Waals surface area contributed by atoms with Gasteiger partial charge in [-0.25, -0.2) is 0 Å². The molecule has 0 saturated carbocycles. The fourth-order valence-electron chi connectivity index (χ4n) is 2.85. The molecular weight excluding hydrogens is 242 g/mol. The van der Waals surface area contributed by atoms with Gasteiger partial charge in [0.25, 0.3) is 0 Å². The second-order valence-corrected chi connectivity index (χ2v) is 5.18. The van der Waals surface area contributed by atoms with Gasteiger partial charge in [-0.15, -0.1) is 0 Å². The molecule has 1 aliphatic heterocycles. The van der Waals surface area contributed by atoms with Crippen molar-refractivity contribution in [1.29, 1.82) is 0 Å². The van der Waals surface area contributed by atoms with Gasteiger partial charge < -0.3 is 20.8 Å². The average Bonchev–Trinajstić information content (AvgIpc) is 2.92. The molecule has 3 atom stereocenters. The van der Waals surface area contributed by atoms with Crippen LogP contribution in [0.4, 0.5) is 11.8 Å². The number of aromatic nitrogens is 3. The Hall–Kier alpha value is -1.82. The molecule has 0 aromatic carbocycles. The lowest BCUT2D eigenvalue weighted by Gasteiger charge is -2.15. The standard InChI is InChI=1S/C13H19N5O/c1-3-9-7(2)6-10(19-9)18-5-4-8-11(14)16-13(15)17-12(8)18/h4-5,7,9-10H,3,6H2,1-2H3,(H4,14,15,16,17)/t7-,9+,10+/m0/s1. The summed E-state index contributed by atoms with van der Waals surface area (Å²) < 4.78 is 8.09. The summed E-state index contributed by atoms with van der Waals surface area (Å²) in [5.74, 6) is 1.16. The zero-order chi connectivity index (χ0) is 13.6. The summed E-state index contributed by atoms with van der Waals surface area (Å²) in [6.45, 7) is 4.37. The molecule has 1 aliphatic rings. The van der Waals surface area contributed by atoms with E-state index in [0.29, 0.717) is 17.8 Å². The van der Waals surface area contributed by atoms with Crippen LogP contribution in [0.1, 0.15) is 32.9 Å². The minimum absolute atomic E-state index is 0.00569. The molecule has 6 nitrogen and oxygen atoms in total.